The van der Waals surface area contributed by atoms with Gasteiger partial charge < -0.3 is 4.90 Å². The Kier molecular flexibility index (Phi) is 5.19. The fourth-order valence-corrected chi connectivity index (χ4v) is 2.69. The highest BCUT2D eigenvalue weighted by molar-refractivity contribution is 5.88. The van der Waals surface area contributed by atoms with E-state index < -0.39 is 0 Å². The number of hydrogen-bond donors (Lipinski definition) is 1. The molecule has 1 aliphatic rings. The molecule has 0 aliphatic carbocycles. The molecule has 1 atom stereocenters. The minimum Gasteiger partial charge on any atom is -0.324 e. The van der Waals surface area contributed by atoms with Crippen molar-refractivity contribution in [3.8, 4) is 0 Å². The summed E-state index contributed by atoms with van der Waals surface area (Å²) in [4.78, 5) is 18.2. The molecular weight excluding hydrogens is 238 g/mol. The van der Waals surface area contributed by atoms with Gasteiger partial charge >= 0.3 is 6.03 Å². The van der Waals surface area contributed by atoms with Gasteiger partial charge in [0.05, 0.1) is 0 Å². The number of urea groups is 1. The van der Waals surface area contributed by atoms with Crippen LogP contribution in [-0.4, -0.2) is 29.0 Å². The topological polar surface area (TPSA) is 45.2 Å². The molecule has 104 valence electrons. The highest BCUT2D eigenvalue weighted by Crippen LogP contribution is 2.22. The first-order valence-electron chi connectivity index (χ1n) is 7.26. The van der Waals surface area contributed by atoms with Crippen molar-refractivity contribution in [2.75, 3.05) is 18.4 Å². The van der Waals surface area contributed by atoms with E-state index in [1.165, 1.54) is 19.3 Å². The van der Waals surface area contributed by atoms with Gasteiger partial charge in [-0.2, -0.15) is 0 Å². The second-order valence-corrected chi connectivity index (χ2v) is 5.22. The van der Waals surface area contributed by atoms with Gasteiger partial charge in [-0.1, -0.05) is 25.8 Å². The summed E-state index contributed by atoms with van der Waals surface area (Å²) in [6.45, 7) is 3.96. The lowest BCUT2D eigenvalue weighted by Gasteiger charge is -2.20. The van der Waals surface area contributed by atoms with Gasteiger partial charge in [0.2, 0.25) is 0 Å². The number of nitrogens with zero attached hydrogens (tertiary/aromatic N) is 2. The lowest BCUT2D eigenvalue weighted by Crippen LogP contribution is -2.35. The van der Waals surface area contributed by atoms with E-state index in [9.17, 15) is 4.79 Å². The van der Waals surface area contributed by atoms with E-state index in [0.717, 1.165) is 31.8 Å². The molecule has 0 saturated carbocycles. The highest BCUT2D eigenvalue weighted by Gasteiger charge is 2.20. The van der Waals surface area contributed by atoms with Crippen LogP contribution in [0.4, 0.5) is 10.6 Å². The van der Waals surface area contributed by atoms with E-state index >= 15 is 0 Å². The largest absolute Gasteiger partial charge is 0.324 e. The standard InChI is InChI=1S/C15H23N3O/c1-2-6-13-7-5-11-18(12-9-13)15(19)17-14-8-3-4-10-16-14/h3-4,8,10,13H,2,5-7,9,11-12H2,1H3,(H,16,17,19)/t13-/m0/s1. The monoisotopic (exact) mass is 261 g/mol. The number of carbonyl (C=O) groups is 1. The second-order valence-electron chi connectivity index (χ2n) is 5.22. The molecule has 0 unspecified atom stereocenters. The molecule has 2 amide bonds. The van der Waals surface area contributed by atoms with Gasteiger partial charge in [0.25, 0.3) is 0 Å². The number of aromatic nitrogens is 1. The van der Waals surface area contributed by atoms with Gasteiger partial charge in [0.15, 0.2) is 0 Å². The van der Waals surface area contributed by atoms with Crippen molar-refractivity contribution >= 4 is 11.8 Å². The maximum absolute atomic E-state index is 12.2. The predicted molar refractivity (Wildman–Crippen MR) is 77.1 cm³/mol. The fraction of sp³-hybridized carbons (Fsp3) is 0.600. The van der Waals surface area contributed by atoms with Gasteiger partial charge in [-0.15, -0.1) is 0 Å². The number of carbonyl (C=O) groups excluding carboxylic acids is 1. The van der Waals surface area contributed by atoms with Crippen molar-refractivity contribution in [1.29, 1.82) is 0 Å². The number of anilines is 1. The molecular formula is C15H23N3O. The lowest BCUT2D eigenvalue weighted by atomic mass is 9.96. The molecule has 0 spiro atoms. The van der Waals surface area contributed by atoms with Crippen molar-refractivity contribution in [1.82, 2.24) is 9.88 Å². The zero-order chi connectivity index (χ0) is 13.5. The van der Waals surface area contributed by atoms with E-state index in [1.807, 2.05) is 23.1 Å². The third-order valence-corrected chi connectivity index (χ3v) is 3.73. The summed E-state index contributed by atoms with van der Waals surface area (Å²) in [5, 5.41) is 2.86. The highest BCUT2D eigenvalue weighted by atomic mass is 16.2. The Labute approximate surface area is 115 Å². The van der Waals surface area contributed by atoms with Gasteiger partial charge in [-0.25, -0.2) is 9.78 Å². The van der Waals surface area contributed by atoms with Crippen molar-refractivity contribution in [3.63, 3.8) is 0 Å². The normalized spacial score (nSPS) is 19.8. The summed E-state index contributed by atoms with van der Waals surface area (Å²) >= 11 is 0. The molecule has 19 heavy (non-hydrogen) atoms. The van der Waals surface area contributed by atoms with Gasteiger partial charge in [0.1, 0.15) is 5.82 Å². The first kappa shape index (κ1) is 13.8. The summed E-state index contributed by atoms with van der Waals surface area (Å²) in [6, 6.07) is 5.52. The molecule has 1 aromatic rings. The zero-order valence-corrected chi connectivity index (χ0v) is 11.6. The molecule has 2 heterocycles. The van der Waals surface area contributed by atoms with Gasteiger partial charge in [0, 0.05) is 19.3 Å². The number of likely N-dealkylation sites (tertiary alicyclic amines) is 1. The third-order valence-electron chi connectivity index (χ3n) is 3.73. The number of rotatable bonds is 3. The molecule has 1 saturated heterocycles. The lowest BCUT2D eigenvalue weighted by molar-refractivity contribution is 0.213. The quantitative estimate of drug-likeness (QED) is 0.905. The van der Waals surface area contributed by atoms with Crippen LogP contribution in [0.25, 0.3) is 0 Å². The number of nitrogens with one attached hydrogen (secondary N) is 1. The second kappa shape index (κ2) is 7.12. The zero-order valence-electron chi connectivity index (χ0n) is 11.6. The van der Waals surface area contributed by atoms with E-state index in [2.05, 4.69) is 17.2 Å². The maximum Gasteiger partial charge on any atom is 0.323 e. The smallest absolute Gasteiger partial charge is 0.323 e. The Balaban J connectivity index is 1.86. The molecule has 2 rings (SSSR count). The molecule has 1 N–H and O–H groups in total. The van der Waals surface area contributed by atoms with Crippen LogP contribution in [0, 0.1) is 5.92 Å². The van der Waals surface area contributed by atoms with Crippen LogP contribution >= 0.6 is 0 Å². The van der Waals surface area contributed by atoms with E-state index in [-0.39, 0.29) is 6.03 Å². The van der Waals surface area contributed by atoms with Crippen LogP contribution in [0.5, 0.6) is 0 Å². The minimum atomic E-state index is -0.0177. The van der Waals surface area contributed by atoms with Crippen LogP contribution < -0.4 is 5.32 Å². The Bertz CT molecular complexity index is 394. The summed E-state index contributed by atoms with van der Waals surface area (Å²) in [7, 11) is 0. The van der Waals surface area contributed by atoms with Crippen molar-refractivity contribution < 1.29 is 4.79 Å². The van der Waals surface area contributed by atoms with Crippen LogP contribution in [0.1, 0.15) is 39.0 Å². The van der Waals surface area contributed by atoms with Crippen LogP contribution in [0.2, 0.25) is 0 Å². The fourth-order valence-electron chi connectivity index (χ4n) is 2.69. The molecule has 0 bridgehead atoms. The molecule has 0 aromatic carbocycles. The number of hydrogen-bond acceptors (Lipinski definition) is 2. The average Bonchev–Trinajstić information content (AvgIpc) is 2.66. The summed E-state index contributed by atoms with van der Waals surface area (Å²) in [5.74, 6) is 1.42. The Morgan fingerprint density at radius 1 is 1.42 bits per heavy atom. The Morgan fingerprint density at radius 2 is 2.32 bits per heavy atom. The number of pyridine rings is 1. The molecule has 0 radical (unpaired) electrons. The van der Waals surface area contributed by atoms with Crippen LogP contribution in [0.15, 0.2) is 24.4 Å². The third kappa shape index (κ3) is 4.23. The SMILES string of the molecule is CCC[C@H]1CCCN(C(=O)Nc2ccccn2)CC1. The predicted octanol–water partition coefficient (Wildman–Crippen LogP) is 3.52. The molecule has 4 nitrogen and oxygen atoms in total. The van der Waals surface area contributed by atoms with Crippen molar-refractivity contribution in [2.45, 2.75) is 39.0 Å². The van der Waals surface area contributed by atoms with Crippen LogP contribution in [-0.2, 0) is 0 Å². The van der Waals surface area contributed by atoms with Crippen LogP contribution in [0.3, 0.4) is 0 Å². The summed E-state index contributed by atoms with van der Waals surface area (Å²) < 4.78 is 0. The average molecular weight is 261 g/mol. The Morgan fingerprint density at radius 3 is 3.05 bits per heavy atom. The van der Waals surface area contributed by atoms with Gasteiger partial charge in [-0.3, -0.25) is 5.32 Å². The van der Waals surface area contributed by atoms with E-state index in [4.69, 9.17) is 0 Å². The maximum atomic E-state index is 12.2. The van der Waals surface area contributed by atoms with Gasteiger partial charge in [-0.05, 0) is 37.3 Å². The Hall–Kier alpha value is -1.58. The minimum absolute atomic E-state index is 0.0177. The summed E-state index contributed by atoms with van der Waals surface area (Å²) in [6.07, 6.45) is 7.71. The molecule has 1 aliphatic heterocycles. The molecule has 1 fully saturated rings. The first-order chi connectivity index (χ1) is 9.29. The molecule has 1 aromatic heterocycles. The van der Waals surface area contributed by atoms with E-state index in [0.29, 0.717) is 5.82 Å². The molecule has 4 heteroatoms. The van der Waals surface area contributed by atoms with Crippen molar-refractivity contribution in [3.05, 3.63) is 24.4 Å². The summed E-state index contributed by atoms with van der Waals surface area (Å²) in [5.41, 5.74) is 0. The number of amides is 2. The van der Waals surface area contributed by atoms with E-state index in [1.54, 1.807) is 6.20 Å². The van der Waals surface area contributed by atoms with Crippen molar-refractivity contribution in [2.24, 2.45) is 5.92 Å². The first-order valence-corrected chi connectivity index (χ1v) is 7.26.